The van der Waals surface area contributed by atoms with Crippen molar-refractivity contribution in [2.45, 2.75) is 19.8 Å². The van der Waals surface area contributed by atoms with Crippen LogP contribution in [0.4, 0.5) is 0 Å². The fourth-order valence-electron chi connectivity index (χ4n) is 1.38. The third-order valence-corrected chi connectivity index (χ3v) is 2.15. The Morgan fingerprint density at radius 1 is 1.33 bits per heavy atom. The van der Waals surface area contributed by atoms with Gasteiger partial charge in [0.25, 0.3) is 5.91 Å². The average molecular weight is 207 g/mol. The Morgan fingerprint density at radius 2 is 2.00 bits per heavy atom. The van der Waals surface area contributed by atoms with Crippen LogP contribution in [0.5, 0.6) is 0 Å². The second kappa shape index (κ2) is 6.19. The molecule has 1 aromatic rings. The van der Waals surface area contributed by atoms with E-state index in [1.54, 1.807) is 0 Å². The Morgan fingerprint density at radius 3 is 2.53 bits per heavy atom. The summed E-state index contributed by atoms with van der Waals surface area (Å²) < 4.78 is 0. The van der Waals surface area contributed by atoms with Crippen LogP contribution < -0.4 is 5.32 Å². The molecule has 15 heavy (non-hydrogen) atoms. The van der Waals surface area contributed by atoms with Crippen molar-refractivity contribution < 1.29 is 9.90 Å². The van der Waals surface area contributed by atoms with Gasteiger partial charge in [0.1, 0.15) is 0 Å². The van der Waals surface area contributed by atoms with E-state index >= 15 is 0 Å². The van der Waals surface area contributed by atoms with Gasteiger partial charge in [-0.05, 0) is 24.1 Å². The van der Waals surface area contributed by atoms with Crippen molar-refractivity contribution in [1.29, 1.82) is 0 Å². The van der Waals surface area contributed by atoms with Crippen LogP contribution in [-0.2, 0) is 6.42 Å². The van der Waals surface area contributed by atoms with Crippen molar-refractivity contribution in [3.05, 3.63) is 35.4 Å². The zero-order chi connectivity index (χ0) is 11.1. The monoisotopic (exact) mass is 207 g/mol. The predicted molar refractivity (Wildman–Crippen MR) is 59.9 cm³/mol. The number of hydrogen-bond acceptors (Lipinski definition) is 2. The fourth-order valence-corrected chi connectivity index (χ4v) is 1.38. The molecule has 0 saturated carbocycles. The highest BCUT2D eigenvalue weighted by Crippen LogP contribution is 2.06. The second-order valence-electron chi connectivity index (χ2n) is 3.43. The van der Waals surface area contributed by atoms with Crippen molar-refractivity contribution in [2.24, 2.45) is 0 Å². The van der Waals surface area contributed by atoms with Gasteiger partial charge in [0.2, 0.25) is 0 Å². The minimum atomic E-state index is -0.132. The molecule has 82 valence electrons. The first kappa shape index (κ1) is 11.7. The normalized spacial score (nSPS) is 10.0. The molecule has 0 aromatic heterocycles. The molecule has 2 N–H and O–H groups in total. The van der Waals surface area contributed by atoms with Gasteiger partial charge in [-0.15, -0.1) is 0 Å². The SMILES string of the molecule is CCCc1ccc(C(=O)NCCO)cc1. The second-order valence-corrected chi connectivity index (χ2v) is 3.43. The van der Waals surface area contributed by atoms with Crippen LogP contribution in [-0.4, -0.2) is 24.2 Å². The average Bonchev–Trinajstić information content (AvgIpc) is 2.27. The van der Waals surface area contributed by atoms with E-state index in [0.29, 0.717) is 12.1 Å². The summed E-state index contributed by atoms with van der Waals surface area (Å²) in [5.74, 6) is -0.132. The number of carbonyl (C=O) groups is 1. The van der Waals surface area contributed by atoms with E-state index in [4.69, 9.17) is 5.11 Å². The molecule has 0 aliphatic rings. The van der Waals surface area contributed by atoms with Gasteiger partial charge < -0.3 is 10.4 Å². The topological polar surface area (TPSA) is 49.3 Å². The summed E-state index contributed by atoms with van der Waals surface area (Å²) in [5.41, 5.74) is 1.89. The molecule has 0 heterocycles. The van der Waals surface area contributed by atoms with Gasteiger partial charge in [-0.25, -0.2) is 0 Å². The number of carbonyl (C=O) groups excluding carboxylic acids is 1. The number of amides is 1. The molecular weight excluding hydrogens is 190 g/mol. The van der Waals surface area contributed by atoms with Crippen LogP contribution in [0.1, 0.15) is 29.3 Å². The maximum Gasteiger partial charge on any atom is 0.251 e. The van der Waals surface area contributed by atoms with Crippen molar-refractivity contribution in [3.63, 3.8) is 0 Å². The molecule has 1 amide bonds. The lowest BCUT2D eigenvalue weighted by Crippen LogP contribution is -2.26. The first-order valence-electron chi connectivity index (χ1n) is 5.26. The van der Waals surface area contributed by atoms with Gasteiger partial charge in [-0.3, -0.25) is 4.79 Å². The van der Waals surface area contributed by atoms with Gasteiger partial charge in [0, 0.05) is 12.1 Å². The third kappa shape index (κ3) is 3.72. The minimum absolute atomic E-state index is 0.0281. The highest BCUT2D eigenvalue weighted by atomic mass is 16.3. The maximum absolute atomic E-state index is 11.5. The van der Waals surface area contributed by atoms with E-state index in [9.17, 15) is 4.79 Å². The summed E-state index contributed by atoms with van der Waals surface area (Å²) in [4.78, 5) is 11.5. The highest BCUT2D eigenvalue weighted by Gasteiger charge is 2.03. The van der Waals surface area contributed by atoms with Crippen molar-refractivity contribution in [3.8, 4) is 0 Å². The van der Waals surface area contributed by atoms with Crippen molar-refractivity contribution in [1.82, 2.24) is 5.32 Å². The Bertz CT molecular complexity index is 306. The van der Waals surface area contributed by atoms with Crippen LogP contribution in [0.15, 0.2) is 24.3 Å². The molecule has 0 unspecified atom stereocenters. The number of benzene rings is 1. The molecule has 0 saturated heterocycles. The van der Waals surface area contributed by atoms with Crippen LogP contribution >= 0.6 is 0 Å². The van der Waals surface area contributed by atoms with Gasteiger partial charge >= 0.3 is 0 Å². The molecule has 0 aliphatic carbocycles. The quantitative estimate of drug-likeness (QED) is 0.766. The minimum Gasteiger partial charge on any atom is -0.395 e. The summed E-state index contributed by atoms with van der Waals surface area (Å²) in [6, 6.07) is 7.57. The van der Waals surface area contributed by atoms with Gasteiger partial charge in [-0.2, -0.15) is 0 Å². The maximum atomic E-state index is 11.5. The molecule has 1 aromatic carbocycles. The number of hydrogen-bond donors (Lipinski definition) is 2. The van der Waals surface area contributed by atoms with E-state index in [2.05, 4.69) is 12.2 Å². The summed E-state index contributed by atoms with van der Waals surface area (Å²) in [6.45, 7) is 2.40. The summed E-state index contributed by atoms with van der Waals surface area (Å²) in [6.07, 6.45) is 2.15. The van der Waals surface area contributed by atoms with E-state index in [-0.39, 0.29) is 12.5 Å². The molecule has 0 atom stereocenters. The standard InChI is InChI=1S/C12H17NO2/c1-2-3-10-4-6-11(7-5-10)12(15)13-8-9-14/h4-7,14H,2-3,8-9H2,1H3,(H,13,15). The van der Waals surface area contributed by atoms with Crippen molar-refractivity contribution >= 4 is 5.91 Å². The van der Waals surface area contributed by atoms with Crippen LogP contribution in [0.2, 0.25) is 0 Å². The number of aryl methyl sites for hydroxylation is 1. The van der Waals surface area contributed by atoms with Gasteiger partial charge in [0.15, 0.2) is 0 Å². The molecule has 3 heteroatoms. The third-order valence-electron chi connectivity index (χ3n) is 2.15. The molecular formula is C12H17NO2. The smallest absolute Gasteiger partial charge is 0.251 e. The van der Waals surface area contributed by atoms with Crippen molar-refractivity contribution in [2.75, 3.05) is 13.2 Å². The first-order chi connectivity index (χ1) is 7.27. The van der Waals surface area contributed by atoms with E-state index in [0.717, 1.165) is 12.8 Å². The summed E-state index contributed by atoms with van der Waals surface area (Å²) in [7, 11) is 0. The van der Waals surface area contributed by atoms with E-state index < -0.39 is 0 Å². The summed E-state index contributed by atoms with van der Waals surface area (Å²) in [5, 5.41) is 11.2. The Balaban J connectivity index is 2.58. The zero-order valence-corrected chi connectivity index (χ0v) is 8.99. The van der Waals surface area contributed by atoms with Crippen LogP contribution in [0.3, 0.4) is 0 Å². The molecule has 0 fully saturated rings. The Labute approximate surface area is 90.1 Å². The number of nitrogens with one attached hydrogen (secondary N) is 1. The Kier molecular flexibility index (Phi) is 4.84. The lowest BCUT2D eigenvalue weighted by atomic mass is 10.1. The van der Waals surface area contributed by atoms with E-state index in [1.165, 1.54) is 5.56 Å². The molecule has 0 radical (unpaired) electrons. The number of aliphatic hydroxyl groups excluding tert-OH is 1. The van der Waals surface area contributed by atoms with Gasteiger partial charge in [-0.1, -0.05) is 25.5 Å². The molecule has 3 nitrogen and oxygen atoms in total. The lowest BCUT2D eigenvalue weighted by molar-refractivity contribution is 0.0945. The lowest BCUT2D eigenvalue weighted by Gasteiger charge is -2.04. The molecule has 0 bridgehead atoms. The first-order valence-corrected chi connectivity index (χ1v) is 5.26. The fraction of sp³-hybridized carbons (Fsp3) is 0.417. The summed E-state index contributed by atoms with van der Waals surface area (Å²) >= 11 is 0. The van der Waals surface area contributed by atoms with Crippen LogP contribution in [0, 0.1) is 0 Å². The zero-order valence-electron chi connectivity index (χ0n) is 8.99. The van der Waals surface area contributed by atoms with Gasteiger partial charge in [0.05, 0.1) is 6.61 Å². The number of aliphatic hydroxyl groups is 1. The molecule has 1 rings (SSSR count). The predicted octanol–water partition coefficient (Wildman–Crippen LogP) is 1.36. The van der Waals surface area contributed by atoms with Crippen LogP contribution in [0.25, 0.3) is 0 Å². The highest BCUT2D eigenvalue weighted by molar-refractivity contribution is 5.94. The van der Waals surface area contributed by atoms with E-state index in [1.807, 2.05) is 24.3 Å². The molecule has 0 aliphatic heterocycles. The molecule has 0 spiro atoms. The Hall–Kier alpha value is -1.35. The number of rotatable bonds is 5. The largest absolute Gasteiger partial charge is 0.395 e.